The van der Waals surface area contributed by atoms with Crippen LogP contribution in [0.25, 0.3) is 5.69 Å². The van der Waals surface area contributed by atoms with E-state index < -0.39 is 8.87 Å². The van der Waals surface area contributed by atoms with E-state index in [9.17, 15) is 8.42 Å². The molecule has 0 spiro atoms. The summed E-state index contributed by atoms with van der Waals surface area (Å²) in [7, 11) is -1.30. The predicted octanol–water partition coefficient (Wildman–Crippen LogP) is 3.54. The third kappa shape index (κ3) is 3.74. The van der Waals surface area contributed by atoms with E-state index in [0.29, 0.717) is 21.9 Å². The van der Waals surface area contributed by atoms with Crippen molar-refractivity contribution in [3.8, 4) is 17.5 Å². The van der Waals surface area contributed by atoms with Crippen molar-refractivity contribution in [2.75, 3.05) is 7.11 Å². The minimum atomic E-state index is -3.53. The Morgan fingerprint density at radius 2 is 1.92 bits per heavy atom. The molecule has 0 atom stereocenters. The lowest BCUT2D eigenvalue weighted by Gasteiger charge is -2.06. The summed E-state index contributed by atoms with van der Waals surface area (Å²) in [5.41, 5.74) is 2.08. The van der Waals surface area contributed by atoms with Gasteiger partial charge in [0.1, 0.15) is 11.8 Å². The van der Waals surface area contributed by atoms with Crippen LogP contribution in [-0.4, -0.2) is 25.3 Å². The standard InChI is InChI=1S/C18H15N3O3S2/c1-13-3-7-17(8-4-13)26(22,23)25-16-11-20-21(12-16)15-6-5-14(10-19)18(9-15)24-2/h3-9,11-12H,1-2H3. The molecule has 0 bridgehead atoms. The Balaban J connectivity index is 1.86. The van der Waals surface area contributed by atoms with Gasteiger partial charge < -0.3 is 4.74 Å². The van der Waals surface area contributed by atoms with Crippen LogP contribution in [0, 0.1) is 18.3 Å². The fourth-order valence-corrected chi connectivity index (χ4v) is 4.98. The summed E-state index contributed by atoms with van der Waals surface area (Å²) < 4.78 is 31.8. The lowest BCUT2D eigenvalue weighted by atomic mass is 10.2. The number of benzene rings is 2. The van der Waals surface area contributed by atoms with Crippen molar-refractivity contribution >= 4 is 19.7 Å². The van der Waals surface area contributed by atoms with Gasteiger partial charge in [-0.15, -0.1) is 0 Å². The molecule has 0 amide bonds. The summed E-state index contributed by atoms with van der Waals surface area (Å²) in [5, 5.41) is 13.2. The molecule has 0 aliphatic rings. The maximum atomic E-state index is 12.5. The smallest absolute Gasteiger partial charge is 0.234 e. The molecule has 1 aromatic heterocycles. The number of rotatable bonds is 5. The Morgan fingerprint density at radius 3 is 2.58 bits per heavy atom. The molecule has 132 valence electrons. The fourth-order valence-electron chi connectivity index (χ4n) is 2.29. The molecule has 1 heterocycles. The van der Waals surface area contributed by atoms with E-state index in [0.717, 1.165) is 16.4 Å². The Hall–Kier alpha value is -2.76. The average molecular weight is 385 g/mol. The first kappa shape index (κ1) is 18.0. The highest BCUT2D eigenvalue weighted by atomic mass is 33.1. The van der Waals surface area contributed by atoms with Gasteiger partial charge in [0.05, 0.1) is 34.3 Å². The average Bonchev–Trinajstić information content (AvgIpc) is 3.09. The second kappa shape index (κ2) is 7.23. The first-order valence-corrected chi connectivity index (χ1v) is 10.4. The Bertz CT molecular complexity index is 1080. The van der Waals surface area contributed by atoms with Crippen LogP contribution in [0.1, 0.15) is 11.1 Å². The van der Waals surface area contributed by atoms with Crippen LogP contribution in [0.3, 0.4) is 0 Å². The van der Waals surface area contributed by atoms with Crippen LogP contribution < -0.4 is 4.74 Å². The normalized spacial score (nSPS) is 11.1. The van der Waals surface area contributed by atoms with Gasteiger partial charge in [-0.2, -0.15) is 10.4 Å². The quantitative estimate of drug-likeness (QED) is 0.625. The summed E-state index contributed by atoms with van der Waals surface area (Å²) in [6.45, 7) is 1.90. The fraction of sp³-hybridized carbons (Fsp3) is 0.111. The van der Waals surface area contributed by atoms with Crippen molar-refractivity contribution in [2.24, 2.45) is 0 Å². The zero-order valence-electron chi connectivity index (χ0n) is 14.1. The van der Waals surface area contributed by atoms with Crippen LogP contribution in [0.5, 0.6) is 5.75 Å². The maximum Gasteiger partial charge on any atom is 0.234 e. The molecule has 0 N–H and O–H groups in total. The van der Waals surface area contributed by atoms with Gasteiger partial charge in [0.25, 0.3) is 0 Å². The highest BCUT2D eigenvalue weighted by Crippen LogP contribution is 2.31. The molecule has 2 aromatic carbocycles. The minimum Gasteiger partial charge on any atom is -0.495 e. The van der Waals surface area contributed by atoms with Crippen LogP contribution in [0.2, 0.25) is 0 Å². The summed E-state index contributed by atoms with van der Waals surface area (Å²) in [4.78, 5) is 0.745. The monoisotopic (exact) mass is 385 g/mol. The van der Waals surface area contributed by atoms with Gasteiger partial charge in [-0.25, -0.2) is 13.1 Å². The molecular formula is C18H15N3O3S2. The first-order valence-electron chi connectivity index (χ1n) is 7.57. The van der Waals surface area contributed by atoms with Gasteiger partial charge in [-0.1, -0.05) is 17.7 Å². The zero-order valence-corrected chi connectivity index (χ0v) is 15.7. The molecule has 0 aliphatic heterocycles. The Kier molecular flexibility index (Phi) is 5.02. The van der Waals surface area contributed by atoms with Crippen molar-refractivity contribution in [1.82, 2.24) is 9.78 Å². The number of methoxy groups -OCH3 is 1. The van der Waals surface area contributed by atoms with E-state index in [1.54, 1.807) is 48.7 Å². The molecule has 3 rings (SSSR count). The van der Waals surface area contributed by atoms with Gasteiger partial charge in [0.15, 0.2) is 0 Å². The third-order valence-corrected chi connectivity index (χ3v) is 6.93. The molecule has 0 saturated carbocycles. The summed E-state index contributed by atoms with van der Waals surface area (Å²) >= 11 is 0. The van der Waals surface area contributed by atoms with E-state index >= 15 is 0 Å². The molecule has 0 unspecified atom stereocenters. The second-order valence-electron chi connectivity index (χ2n) is 5.47. The van der Waals surface area contributed by atoms with Crippen molar-refractivity contribution in [1.29, 1.82) is 5.26 Å². The van der Waals surface area contributed by atoms with Gasteiger partial charge in [-0.05, 0) is 31.2 Å². The van der Waals surface area contributed by atoms with E-state index in [-0.39, 0.29) is 4.90 Å². The van der Waals surface area contributed by atoms with Gasteiger partial charge in [0.2, 0.25) is 8.87 Å². The third-order valence-electron chi connectivity index (χ3n) is 3.64. The van der Waals surface area contributed by atoms with Crippen molar-refractivity contribution in [3.63, 3.8) is 0 Å². The number of hydrogen-bond donors (Lipinski definition) is 0. The highest BCUT2D eigenvalue weighted by molar-refractivity contribution is 8.72. The molecule has 0 fully saturated rings. The molecule has 0 aliphatic carbocycles. The molecule has 0 saturated heterocycles. The van der Waals surface area contributed by atoms with E-state index in [1.165, 1.54) is 18.0 Å². The molecule has 0 radical (unpaired) electrons. The number of nitriles is 1. The van der Waals surface area contributed by atoms with Crippen molar-refractivity contribution < 1.29 is 13.2 Å². The van der Waals surface area contributed by atoms with Crippen LogP contribution in [0.15, 0.2) is 64.6 Å². The molecule has 3 aromatic rings. The maximum absolute atomic E-state index is 12.5. The number of nitrogens with zero attached hydrogens (tertiary/aromatic N) is 3. The van der Waals surface area contributed by atoms with Crippen molar-refractivity contribution in [2.45, 2.75) is 16.7 Å². The molecule has 8 heteroatoms. The number of aromatic nitrogens is 2. The molecule has 26 heavy (non-hydrogen) atoms. The second-order valence-corrected chi connectivity index (χ2v) is 9.30. The van der Waals surface area contributed by atoms with Gasteiger partial charge in [0, 0.05) is 23.1 Å². The highest BCUT2D eigenvalue weighted by Gasteiger charge is 2.18. The number of hydrogen-bond acceptors (Lipinski definition) is 6. The Labute approximate surface area is 155 Å². The zero-order chi connectivity index (χ0) is 18.7. The number of aryl methyl sites for hydroxylation is 1. The van der Waals surface area contributed by atoms with Crippen LogP contribution in [-0.2, 0) is 8.87 Å². The molecule has 6 nitrogen and oxygen atoms in total. The minimum absolute atomic E-state index is 0.251. The van der Waals surface area contributed by atoms with E-state index in [1.807, 2.05) is 13.0 Å². The van der Waals surface area contributed by atoms with E-state index in [4.69, 9.17) is 10.00 Å². The summed E-state index contributed by atoms with van der Waals surface area (Å²) in [6, 6.07) is 13.8. The van der Waals surface area contributed by atoms with Crippen LogP contribution >= 0.6 is 10.8 Å². The topological polar surface area (TPSA) is 85.0 Å². The number of ether oxygens (including phenoxy) is 1. The van der Waals surface area contributed by atoms with Gasteiger partial charge in [-0.3, -0.25) is 0 Å². The summed E-state index contributed by atoms with van der Waals surface area (Å²) in [5.74, 6) is 0.432. The largest absolute Gasteiger partial charge is 0.495 e. The van der Waals surface area contributed by atoms with Gasteiger partial charge >= 0.3 is 0 Å². The molecular weight excluding hydrogens is 370 g/mol. The van der Waals surface area contributed by atoms with Crippen LogP contribution in [0.4, 0.5) is 0 Å². The van der Waals surface area contributed by atoms with Crippen molar-refractivity contribution in [3.05, 3.63) is 66.0 Å². The van der Waals surface area contributed by atoms with E-state index in [2.05, 4.69) is 5.10 Å². The lowest BCUT2D eigenvalue weighted by Crippen LogP contribution is -1.97. The SMILES string of the molecule is COc1cc(-n2cc(SS(=O)(=O)c3ccc(C)cc3)cn2)ccc1C#N. The Morgan fingerprint density at radius 1 is 1.19 bits per heavy atom. The lowest BCUT2D eigenvalue weighted by molar-refractivity contribution is 0.413. The summed E-state index contributed by atoms with van der Waals surface area (Å²) in [6.07, 6.45) is 3.11. The predicted molar refractivity (Wildman–Crippen MR) is 99.1 cm³/mol. The first-order chi connectivity index (χ1) is 12.4.